The first-order valence-corrected chi connectivity index (χ1v) is 10.7. The van der Waals surface area contributed by atoms with Gasteiger partial charge in [0.15, 0.2) is 0 Å². The lowest BCUT2D eigenvalue weighted by Crippen LogP contribution is -2.45. The van der Waals surface area contributed by atoms with Gasteiger partial charge >= 0.3 is 0 Å². The standard InChI is InChI=1S/C21H17ClF2N2O3S/c22-15-6-9-17(10-7-15)30(28,29)26-20(12-14-4-2-1-3-5-14)21(27)25-19-11-8-16(23)13-18(19)24/h1-11,13,20,26H,12H2,(H,25,27)/t20-/m1/s1. The van der Waals surface area contributed by atoms with Gasteiger partial charge in [-0.2, -0.15) is 4.72 Å². The van der Waals surface area contributed by atoms with Gasteiger partial charge in [-0.3, -0.25) is 4.79 Å². The third kappa shape index (κ3) is 5.63. The van der Waals surface area contributed by atoms with Crippen LogP contribution in [0.3, 0.4) is 0 Å². The van der Waals surface area contributed by atoms with Crippen molar-refractivity contribution in [2.75, 3.05) is 5.32 Å². The quantitative estimate of drug-likeness (QED) is 0.568. The minimum absolute atomic E-state index is 0.0162. The van der Waals surface area contributed by atoms with Gasteiger partial charge in [0, 0.05) is 11.1 Å². The van der Waals surface area contributed by atoms with Crippen LogP contribution in [0.25, 0.3) is 0 Å². The first-order valence-electron chi connectivity index (χ1n) is 8.82. The Hall–Kier alpha value is -2.81. The fraction of sp³-hybridized carbons (Fsp3) is 0.0952. The Kier molecular flexibility index (Phi) is 6.81. The molecule has 0 heterocycles. The molecule has 2 N–H and O–H groups in total. The summed E-state index contributed by atoms with van der Waals surface area (Å²) in [5, 5.41) is 2.67. The van der Waals surface area contributed by atoms with Crippen LogP contribution in [0.4, 0.5) is 14.5 Å². The van der Waals surface area contributed by atoms with Gasteiger partial charge in [0.05, 0.1) is 10.6 Å². The van der Waals surface area contributed by atoms with E-state index in [4.69, 9.17) is 11.6 Å². The van der Waals surface area contributed by atoms with Gasteiger partial charge in [0.25, 0.3) is 0 Å². The number of nitrogens with one attached hydrogen (secondary N) is 2. The molecular weight excluding hydrogens is 434 g/mol. The van der Waals surface area contributed by atoms with E-state index in [1.165, 1.54) is 24.3 Å². The van der Waals surface area contributed by atoms with Gasteiger partial charge in [-0.05, 0) is 48.4 Å². The summed E-state index contributed by atoms with van der Waals surface area (Å²) in [5.74, 6) is -2.56. The molecule has 0 saturated carbocycles. The van der Waals surface area contributed by atoms with Gasteiger partial charge in [0.2, 0.25) is 15.9 Å². The topological polar surface area (TPSA) is 75.3 Å². The fourth-order valence-corrected chi connectivity index (χ4v) is 4.04. The van der Waals surface area contributed by atoms with Gasteiger partial charge in [-0.1, -0.05) is 41.9 Å². The molecule has 0 aliphatic carbocycles. The fourth-order valence-electron chi connectivity index (χ4n) is 2.72. The average molecular weight is 451 g/mol. The Labute approximate surface area is 177 Å². The van der Waals surface area contributed by atoms with Crippen LogP contribution < -0.4 is 10.0 Å². The van der Waals surface area contributed by atoms with Crippen LogP contribution in [0.2, 0.25) is 5.02 Å². The third-order valence-electron chi connectivity index (χ3n) is 4.21. The summed E-state index contributed by atoms with van der Waals surface area (Å²) in [5.41, 5.74) is 0.432. The minimum Gasteiger partial charge on any atom is -0.322 e. The van der Waals surface area contributed by atoms with Crippen molar-refractivity contribution in [2.45, 2.75) is 17.4 Å². The zero-order valence-corrected chi connectivity index (χ0v) is 17.1. The molecule has 3 aromatic rings. The van der Waals surface area contributed by atoms with Crippen LogP contribution in [-0.2, 0) is 21.2 Å². The van der Waals surface area contributed by atoms with E-state index in [9.17, 15) is 22.0 Å². The van der Waals surface area contributed by atoms with Crippen molar-refractivity contribution in [1.82, 2.24) is 4.72 Å². The summed E-state index contributed by atoms with van der Waals surface area (Å²) in [4.78, 5) is 12.7. The lowest BCUT2D eigenvalue weighted by Gasteiger charge is -2.19. The number of carbonyl (C=O) groups excluding carboxylic acids is 1. The summed E-state index contributed by atoms with van der Waals surface area (Å²) in [6, 6.07) is 15.6. The molecule has 0 aliphatic rings. The lowest BCUT2D eigenvalue weighted by molar-refractivity contribution is -0.117. The van der Waals surface area contributed by atoms with E-state index in [-0.39, 0.29) is 17.0 Å². The molecule has 5 nitrogen and oxygen atoms in total. The second-order valence-corrected chi connectivity index (χ2v) is 8.58. The third-order valence-corrected chi connectivity index (χ3v) is 5.95. The number of halogens is 3. The van der Waals surface area contributed by atoms with E-state index in [2.05, 4.69) is 10.0 Å². The number of sulfonamides is 1. The summed E-state index contributed by atoms with van der Waals surface area (Å²) in [6.07, 6.45) is 0.0162. The molecule has 9 heteroatoms. The first kappa shape index (κ1) is 21.9. The van der Waals surface area contributed by atoms with Crippen LogP contribution in [-0.4, -0.2) is 20.4 Å². The molecule has 0 saturated heterocycles. The molecule has 3 rings (SSSR count). The Morgan fingerprint density at radius 2 is 1.63 bits per heavy atom. The number of amides is 1. The van der Waals surface area contributed by atoms with Gasteiger partial charge in [-0.25, -0.2) is 17.2 Å². The SMILES string of the molecule is O=C(Nc1ccc(F)cc1F)[C@@H](Cc1ccccc1)NS(=O)(=O)c1ccc(Cl)cc1. The van der Waals surface area contributed by atoms with Crippen molar-refractivity contribution in [2.24, 2.45) is 0 Å². The predicted octanol–water partition coefficient (Wildman–Crippen LogP) is 4.15. The molecule has 0 spiro atoms. The maximum atomic E-state index is 13.9. The Morgan fingerprint density at radius 3 is 2.27 bits per heavy atom. The summed E-state index contributed by atoms with van der Waals surface area (Å²) < 4.78 is 54.9. The van der Waals surface area contributed by atoms with Crippen LogP contribution in [0.1, 0.15) is 5.56 Å². The van der Waals surface area contributed by atoms with Crippen molar-refractivity contribution in [3.05, 3.63) is 95.0 Å². The van der Waals surface area contributed by atoms with Gasteiger partial charge in [0.1, 0.15) is 17.7 Å². The normalized spacial score (nSPS) is 12.4. The number of rotatable bonds is 7. The molecule has 156 valence electrons. The number of hydrogen-bond acceptors (Lipinski definition) is 3. The molecule has 0 fully saturated rings. The Bertz CT molecular complexity index is 1140. The number of anilines is 1. The van der Waals surface area contributed by atoms with Gasteiger partial charge < -0.3 is 5.32 Å². The molecule has 0 unspecified atom stereocenters. The highest BCUT2D eigenvalue weighted by Gasteiger charge is 2.27. The maximum Gasteiger partial charge on any atom is 0.242 e. The average Bonchev–Trinajstić information content (AvgIpc) is 2.70. The smallest absolute Gasteiger partial charge is 0.242 e. The maximum absolute atomic E-state index is 13.9. The molecule has 0 aromatic heterocycles. The van der Waals surface area contributed by atoms with Crippen molar-refractivity contribution in [1.29, 1.82) is 0 Å². The highest BCUT2D eigenvalue weighted by atomic mass is 35.5. The van der Waals surface area contributed by atoms with Gasteiger partial charge in [-0.15, -0.1) is 0 Å². The summed E-state index contributed by atoms with van der Waals surface area (Å²) >= 11 is 5.80. The van der Waals surface area contributed by atoms with Crippen molar-refractivity contribution >= 4 is 33.2 Å². The van der Waals surface area contributed by atoms with Crippen molar-refractivity contribution < 1.29 is 22.0 Å². The van der Waals surface area contributed by atoms with E-state index in [1.807, 2.05) is 0 Å². The molecule has 1 amide bonds. The molecule has 30 heavy (non-hydrogen) atoms. The predicted molar refractivity (Wildman–Crippen MR) is 111 cm³/mol. The monoisotopic (exact) mass is 450 g/mol. The molecular formula is C21H17ClF2N2O3S. The van der Waals surface area contributed by atoms with E-state index in [0.29, 0.717) is 16.7 Å². The molecule has 1 atom stereocenters. The lowest BCUT2D eigenvalue weighted by atomic mass is 10.1. The van der Waals surface area contributed by atoms with E-state index in [0.717, 1.165) is 12.1 Å². The number of carbonyl (C=O) groups is 1. The zero-order valence-electron chi connectivity index (χ0n) is 15.5. The molecule has 0 aliphatic heterocycles. The summed E-state index contributed by atoms with van der Waals surface area (Å²) in [7, 11) is -4.07. The second kappa shape index (κ2) is 9.34. The highest BCUT2D eigenvalue weighted by molar-refractivity contribution is 7.89. The van der Waals surface area contributed by atoms with Crippen LogP contribution in [0, 0.1) is 11.6 Å². The number of benzene rings is 3. The zero-order chi connectivity index (χ0) is 21.7. The largest absolute Gasteiger partial charge is 0.322 e. The highest BCUT2D eigenvalue weighted by Crippen LogP contribution is 2.18. The van der Waals surface area contributed by atoms with E-state index < -0.39 is 33.6 Å². The Morgan fingerprint density at radius 1 is 0.967 bits per heavy atom. The van der Waals surface area contributed by atoms with Crippen molar-refractivity contribution in [3.8, 4) is 0 Å². The Balaban J connectivity index is 1.87. The molecule has 3 aromatic carbocycles. The molecule has 0 radical (unpaired) electrons. The molecule has 0 bridgehead atoms. The van der Waals surface area contributed by atoms with Crippen LogP contribution >= 0.6 is 11.6 Å². The van der Waals surface area contributed by atoms with Crippen LogP contribution in [0.15, 0.2) is 77.7 Å². The summed E-state index contributed by atoms with van der Waals surface area (Å²) in [6.45, 7) is 0. The second-order valence-electron chi connectivity index (χ2n) is 6.43. The first-order chi connectivity index (χ1) is 14.2. The van der Waals surface area contributed by atoms with E-state index in [1.54, 1.807) is 30.3 Å². The van der Waals surface area contributed by atoms with Crippen molar-refractivity contribution in [3.63, 3.8) is 0 Å². The number of hydrogen-bond donors (Lipinski definition) is 2. The van der Waals surface area contributed by atoms with E-state index >= 15 is 0 Å². The van der Waals surface area contributed by atoms with Crippen LogP contribution in [0.5, 0.6) is 0 Å². The minimum atomic E-state index is -4.07.